The average molecular weight is 275 g/mol. The van der Waals surface area contributed by atoms with Crippen LogP contribution in [0.5, 0.6) is 0 Å². The topological polar surface area (TPSA) is 75.4 Å². The highest BCUT2D eigenvalue weighted by molar-refractivity contribution is 5.96. The van der Waals surface area contributed by atoms with E-state index >= 15 is 0 Å². The second-order valence-corrected chi connectivity index (χ2v) is 5.34. The number of nitrogens with one attached hydrogen (secondary N) is 1. The van der Waals surface area contributed by atoms with E-state index < -0.39 is 0 Å². The number of amides is 2. The Morgan fingerprint density at radius 2 is 1.95 bits per heavy atom. The molecule has 0 spiro atoms. The molecule has 3 N–H and O–H groups in total. The second-order valence-electron chi connectivity index (χ2n) is 5.34. The number of carbonyl (C=O) groups excluding carboxylic acids is 2. The van der Waals surface area contributed by atoms with Gasteiger partial charge in [0.25, 0.3) is 5.91 Å². The minimum atomic E-state index is -0.0666. The summed E-state index contributed by atoms with van der Waals surface area (Å²) in [5.74, 6) is 0.175. The van der Waals surface area contributed by atoms with E-state index in [-0.39, 0.29) is 23.8 Å². The first-order chi connectivity index (χ1) is 9.52. The molecule has 1 aromatic rings. The van der Waals surface area contributed by atoms with Crippen molar-refractivity contribution >= 4 is 17.5 Å². The Morgan fingerprint density at radius 3 is 2.45 bits per heavy atom. The van der Waals surface area contributed by atoms with Gasteiger partial charge in [0.1, 0.15) is 0 Å². The molecule has 2 amide bonds. The van der Waals surface area contributed by atoms with Crippen LogP contribution in [0.1, 0.15) is 30.1 Å². The average Bonchev–Trinajstić information content (AvgIpc) is 3.30. The summed E-state index contributed by atoms with van der Waals surface area (Å²) in [6.07, 6.45) is 1.95. The fourth-order valence-electron chi connectivity index (χ4n) is 1.85. The Balaban J connectivity index is 1.99. The lowest BCUT2D eigenvalue weighted by molar-refractivity contribution is -0.117. The first-order valence-corrected chi connectivity index (χ1v) is 6.91. The van der Waals surface area contributed by atoms with Crippen LogP contribution in [0.25, 0.3) is 0 Å². The number of anilines is 1. The Morgan fingerprint density at radius 1 is 1.35 bits per heavy atom. The summed E-state index contributed by atoms with van der Waals surface area (Å²) >= 11 is 0. The van der Waals surface area contributed by atoms with Gasteiger partial charge in [-0.2, -0.15) is 0 Å². The van der Waals surface area contributed by atoms with Gasteiger partial charge in [-0.05, 0) is 44.0 Å². The molecule has 1 unspecified atom stereocenters. The van der Waals surface area contributed by atoms with Crippen molar-refractivity contribution in [2.75, 3.05) is 18.9 Å². The van der Waals surface area contributed by atoms with Crippen molar-refractivity contribution in [2.45, 2.75) is 25.8 Å². The highest BCUT2D eigenvalue weighted by atomic mass is 16.2. The van der Waals surface area contributed by atoms with Crippen LogP contribution >= 0.6 is 0 Å². The second kappa shape index (κ2) is 6.05. The van der Waals surface area contributed by atoms with Crippen molar-refractivity contribution in [1.29, 1.82) is 0 Å². The van der Waals surface area contributed by atoms with Gasteiger partial charge in [0, 0.05) is 36.8 Å². The SMILES string of the molecule is CC(CN)N(C)C(=O)c1ccc(NC(=O)C2CC2)cc1. The van der Waals surface area contributed by atoms with Crippen molar-refractivity contribution in [3.8, 4) is 0 Å². The van der Waals surface area contributed by atoms with Gasteiger partial charge in [-0.15, -0.1) is 0 Å². The summed E-state index contributed by atoms with van der Waals surface area (Å²) in [7, 11) is 1.74. The van der Waals surface area contributed by atoms with Gasteiger partial charge in [-0.25, -0.2) is 0 Å². The smallest absolute Gasteiger partial charge is 0.253 e. The summed E-state index contributed by atoms with van der Waals surface area (Å²) in [4.78, 5) is 25.4. The maximum Gasteiger partial charge on any atom is 0.253 e. The van der Waals surface area contributed by atoms with Crippen LogP contribution in [0.2, 0.25) is 0 Å². The molecule has 1 aromatic carbocycles. The van der Waals surface area contributed by atoms with E-state index in [9.17, 15) is 9.59 Å². The molecule has 0 aromatic heterocycles. The Bertz CT molecular complexity index is 494. The predicted octanol–water partition coefficient (Wildman–Crippen LogP) is 1.45. The van der Waals surface area contributed by atoms with Crippen LogP contribution in [0, 0.1) is 5.92 Å². The zero-order valence-corrected chi connectivity index (χ0v) is 11.9. The maximum absolute atomic E-state index is 12.2. The molecule has 108 valence electrons. The van der Waals surface area contributed by atoms with Crippen LogP contribution in [-0.2, 0) is 4.79 Å². The van der Waals surface area contributed by atoms with Gasteiger partial charge < -0.3 is 16.0 Å². The van der Waals surface area contributed by atoms with Crippen LogP contribution in [-0.4, -0.2) is 36.3 Å². The van der Waals surface area contributed by atoms with E-state index in [0.717, 1.165) is 18.5 Å². The van der Waals surface area contributed by atoms with Gasteiger partial charge in [-0.1, -0.05) is 0 Å². The van der Waals surface area contributed by atoms with E-state index in [4.69, 9.17) is 5.73 Å². The number of carbonyl (C=O) groups is 2. The molecule has 1 fully saturated rings. The minimum Gasteiger partial charge on any atom is -0.338 e. The lowest BCUT2D eigenvalue weighted by Gasteiger charge is -2.23. The molecule has 20 heavy (non-hydrogen) atoms. The molecule has 1 aliphatic carbocycles. The van der Waals surface area contributed by atoms with Crippen LogP contribution in [0.3, 0.4) is 0 Å². The number of hydrogen-bond donors (Lipinski definition) is 2. The molecule has 0 radical (unpaired) electrons. The fourth-order valence-corrected chi connectivity index (χ4v) is 1.85. The molecule has 0 heterocycles. The Hall–Kier alpha value is -1.88. The third-order valence-electron chi connectivity index (χ3n) is 3.67. The number of benzene rings is 1. The van der Waals surface area contributed by atoms with Crippen LogP contribution in [0.15, 0.2) is 24.3 Å². The first-order valence-electron chi connectivity index (χ1n) is 6.91. The highest BCUT2D eigenvalue weighted by Crippen LogP contribution is 2.30. The normalized spacial score (nSPS) is 15.6. The number of rotatable bonds is 5. The van der Waals surface area contributed by atoms with E-state index in [0.29, 0.717) is 12.1 Å². The van der Waals surface area contributed by atoms with Crippen molar-refractivity contribution in [3.63, 3.8) is 0 Å². The summed E-state index contributed by atoms with van der Waals surface area (Å²) in [6, 6.07) is 6.97. The fraction of sp³-hybridized carbons (Fsp3) is 0.467. The number of nitrogens with two attached hydrogens (primary N) is 1. The minimum absolute atomic E-state index is 0.00301. The van der Waals surface area contributed by atoms with Crippen molar-refractivity contribution in [3.05, 3.63) is 29.8 Å². The molecule has 1 aliphatic rings. The molecular weight excluding hydrogens is 254 g/mol. The van der Waals surface area contributed by atoms with Crippen molar-refractivity contribution < 1.29 is 9.59 Å². The van der Waals surface area contributed by atoms with E-state index in [1.807, 2.05) is 6.92 Å². The standard InChI is InChI=1S/C15H21N3O2/c1-10(9-16)18(2)15(20)12-5-7-13(8-6-12)17-14(19)11-3-4-11/h5-8,10-11H,3-4,9,16H2,1-2H3,(H,17,19). The van der Waals surface area contributed by atoms with Crippen molar-refractivity contribution in [2.24, 2.45) is 11.7 Å². The lowest BCUT2D eigenvalue weighted by atomic mass is 10.1. The summed E-state index contributed by atoms with van der Waals surface area (Å²) in [6.45, 7) is 2.33. The molecule has 2 rings (SSSR count). The predicted molar refractivity (Wildman–Crippen MR) is 78.4 cm³/mol. The van der Waals surface area contributed by atoms with Gasteiger partial charge in [-0.3, -0.25) is 9.59 Å². The van der Waals surface area contributed by atoms with Gasteiger partial charge in [0.15, 0.2) is 0 Å². The lowest BCUT2D eigenvalue weighted by Crippen LogP contribution is -2.39. The number of nitrogens with zero attached hydrogens (tertiary/aromatic N) is 1. The molecule has 0 saturated heterocycles. The monoisotopic (exact) mass is 275 g/mol. The molecular formula is C15H21N3O2. The van der Waals surface area contributed by atoms with Crippen LogP contribution < -0.4 is 11.1 Å². The third kappa shape index (κ3) is 3.36. The molecule has 0 bridgehead atoms. The largest absolute Gasteiger partial charge is 0.338 e. The third-order valence-corrected chi connectivity index (χ3v) is 3.67. The zero-order chi connectivity index (χ0) is 14.7. The zero-order valence-electron chi connectivity index (χ0n) is 11.9. The quantitative estimate of drug-likeness (QED) is 0.854. The van der Waals surface area contributed by atoms with Crippen molar-refractivity contribution in [1.82, 2.24) is 4.90 Å². The maximum atomic E-state index is 12.2. The summed E-state index contributed by atoms with van der Waals surface area (Å²) in [5, 5.41) is 2.85. The van der Waals surface area contributed by atoms with E-state index in [1.165, 1.54) is 0 Å². The summed E-state index contributed by atoms with van der Waals surface area (Å²) < 4.78 is 0. The molecule has 1 saturated carbocycles. The Labute approximate surface area is 119 Å². The van der Waals surface area contributed by atoms with Gasteiger partial charge >= 0.3 is 0 Å². The molecule has 5 heteroatoms. The number of likely N-dealkylation sites (N-methyl/N-ethyl adjacent to an activating group) is 1. The molecule has 5 nitrogen and oxygen atoms in total. The van der Waals surface area contributed by atoms with Gasteiger partial charge in [0.05, 0.1) is 0 Å². The Kier molecular flexibility index (Phi) is 4.39. The molecule has 0 aliphatic heterocycles. The first kappa shape index (κ1) is 14.5. The highest BCUT2D eigenvalue weighted by Gasteiger charge is 2.29. The summed E-state index contributed by atoms with van der Waals surface area (Å²) in [5.41, 5.74) is 6.88. The van der Waals surface area contributed by atoms with E-state index in [1.54, 1.807) is 36.2 Å². The van der Waals surface area contributed by atoms with Gasteiger partial charge in [0.2, 0.25) is 5.91 Å². The van der Waals surface area contributed by atoms with E-state index in [2.05, 4.69) is 5.32 Å². The number of hydrogen-bond acceptors (Lipinski definition) is 3. The van der Waals surface area contributed by atoms with Crippen LogP contribution in [0.4, 0.5) is 5.69 Å². The molecule has 1 atom stereocenters.